The van der Waals surface area contributed by atoms with Crippen LogP contribution in [0.1, 0.15) is 58.8 Å². The number of carboxylic acids is 1. The van der Waals surface area contributed by atoms with Crippen molar-refractivity contribution in [2.45, 2.75) is 123 Å². The van der Waals surface area contributed by atoms with E-state index in [9.17, 15) is 84.3 Å². The summed E-state index contributed by atoms with van der Waals surface area (Å²) in [5.41, 5.74) is -28.4. The fraction of sp³-hybridized carbons (Fsp3) is 0.576. The van der Waals surface area contributed by atoms with Crippen LogP contribution in [0, 0.1) is 0 Å². The molecule has 2 aliphatic rings. The Hall–Kier alpha value is -3.67. The number of Topliss-reactive ketones (excluding diaryl/α,β-unsaturated/α-hetero) is 7. The van der Waals surface area contributed by atoms with Crippen molar-refractivity contribution < 1.29 is 93.8 Å². The molecule has 9 N–H and O–H groups in total. The van der Waals surface area contributed by atoms with Crippen molar-refractivity contribution >= 4 is 58.2 Å². The second-order valence-corrected chi connectivity index (χ2v) is 14.3. The van der Waals surface area contributed by atoms with E-state index >= 15 is 0 Å². The molecular weight excluding hydrogens is 732 g/mol. The Morgan fingerprint density at radius 1 is 0.604 bits per heavy atom. The third-order valence-electron chi connectivity index (χ3n) is 10.1. The van der Waals surface area contributed by atoms with Gasteiger partial charge in [0.25, 0.3) is 0 Å². The van der Waals surface area contributed by atoms with E-state index in [1.165, 1.54) is 12.1 Å². The molecular formula is C33H40O19S. The van der Waals surface area contributed by atoms with Gasteiger partial charge in [-0.1, -0.05) is 23.9 Å². The standard InChI is InChI=1S/C33H40O19S/c1-12(34)21(41)23-28(45,14(3)36)32(49,17(6)39)29(46,15(4)37)26(51-23)31(48)24(22(42)13(2)35)52-27(30(47,16(5)38)33(31,50)18(7)40)53-20-11-9-8-10-19(20)25(43)44/h8-11,21-24,26-27,41-42,45-50H,1-7H3,(H,43,44)/t21?,22?,23-,24-,26-,27+,28-,29+,30+,31+,32+,33-/m1/s1. The number of hydrogen-bond donors (Lipinski definition) is 9. The minimum absolute atomic E-state index is 0.116. The van der Waals surface area contributed by atoms with Crippen molar-refractivity contribution in [1.82, 2.24) is 0 Å². The molecule has 1 aromatic rings. The normalized spacial score (nSPS) is 38.2. The van der Waals surface area contributed by atoms with Gasteiger partial charge in [-0.3, -0.25) is 33.6 Å². The summed E-state index contributed by atoms with van der Waals surface area (Å²) in [6.07, 6.45) is -15.3. The summed E-state index contributed by atoms with van der Waals surface area (Å²) in [6.45, 7) is 3.46. The molecule has 0 aliphatic carbocycles. The molecule has 53 heavy (non-hydrogen) atoms. The number of aliphatic hydroxyl groups excluding tert-OH is 2. The molecule has 0 amide bonds. The second-order valence-electron chi connectivity index (χ2n) is 13.2. The number of benzene rings is 1. The first kappa shape index (κ1) is 43.7. The first-order valence-electron chi connectivity index (χ1n) is 15.6. The van der Waals surface area contributed by atoms with Crippen molar-refractivity contribution in [2.24, 2.45) is 0 Å². The van der Waals surface area contributed by atoms with Gasteiger partial charge in [0.2, 0.25) is 0 Å². The third kappa shape index (κ3) is 5.66. The lowest BCUT2D eigenvalue weighted by atomic mass is 9.51. The number of rotatable bonds is 13. The molecule has 3 rings (SSSR count). The topological polar surface area (TPSA) is 337 Å². The monoisotopic (exact) mass is 772 g/mol. The van der Waals surface area contributed by atoms with E-state index in [2.05, 4.69) is 0 Å². The summed E-state index contributed by atoms with van der Waals surface area (Å²) >= 11 is 0.116. The number of carbonyl (C=O) groups excluding carboxylic acids is 7. The predicted molar refractivity (Wildman–Crippen MR) is 173 cm³/mol. The number of ether oxygens (including phenoxy) is 2. The van der Waals surface area contributed by atoms with Crippen LogP contribution in [0.3, 0.4) is 0 Å². The molecule has 20 heteroatoms. The highest BCUT2D eigenvalue weighted by molar-refractivity contribution is 8.00. The molecule has 2 aliphatic heterocycles. The highest BCUT2D eigenvalue weighted by atomic mass is 32.2. The average Bonchev–Trinajstić information content (AvgIpc) is 3.06. The Morgan fingerprint density at radius 3 is 1.43 bits per heavy atom. The van der Waals surface area contributed by atoms with Gasteiger partial charge in [-0.25, -0.2) is 4.79 Å². The molecule has 2 saturated heterocycles. The molecule has 1 aromatic carbocycles. The predicted octanol–water partition coefficient (Wildman–Crippen LogP) is -3.80. The molecule has 12 atom stereocenters. The molecule has 0 radical (unpaired) electrons. The van der Waals surface area contributed by atoms with Crippen molar-refractivity contribution in [3.05, 3.63) is 29.8 Å². The number of carboxylic acid groups (broad SMARTS) is 1. The molecule has 19 nitrogen and oxygen atoms in total. The van der Waals surface area contributed by atoms with E-state index in [1.807, 2.05) is 0 Å². The number of hydrogen-bond acceptors (Lipinski definition) is 19. The molecule has 2 unspecified atom stereocenters. The van der Waals surface area contributed by atoms with E-state index in [4.69, 9.17) is 9.47 Å². The fourth-order valence-corrected chi connectivity index (χ4v) is 8.58. The van der Waals surface area contributed by atoms with Crippen molar-refractivity contribution in [3.8, 4) is 0 Å². The highest BCUT2D eigenvalue weighted by Gasteiger charge is 2.88. The van der Waals surface area contributed by atoms with Gasteiger partial charge >= 0.3 is 5.97 Å². The fourth-order valence-electron chi connectivity index (χ4n) is 7.23. The Balaban J connectivity index is 2.67. The molecule has 2 fully saturated rings. The lowest BCUT2D eigenvalue weighted by Crippen LogP contribution is -2.95. The van der Waals surface area contributed by atoms with Gasteiger partial charge in [-0.05, 0) is 60.6 Å². The van der Waals surface area contributed by atoms with Crippen molar-refractivity contribution in [2.75, 3.05) is 0 Å². The number of thioether (sulfide) groups is 1. The summed E-state index contributed by atoms with van der Waals surface area (Å²) in [7, 11) is 0. The summed E-state index contributed by atoms with van der Waals surface area (Å²) in [4.78, 5) is 105. The Kier molecular flexibility index (Phi) is 11.7. The van der Waals surface area contributed by atoms with E-state index < -0.39 is 122 Å². The molecule has 0 spiro atoms. The number of aromatic carboxylic acids is 1. The maximum absolute atomic E-state index is 13.8. The van der Waals surface area contributed by atoms with Gasteiger partial charge in [0.05, 0.1) is 5.56 Å². The minimum Gasteiger partial charge on any atom is -0.478 e. The van der Waals surface area contributed by atoms with E-state index in [0.717, 1.165) is 12.1 Å². The van der Waals surface area contributed by atoms with Gasteiger partial charge in [-0.15, -0.1) is 0 Å². The van der Waals surface area contributed by atoms with E-state index in [0.29, 0.717) is 48.5 Å². The van der Waals surface area contributed by atoms with Crippen LogP contribution in [0.4, 0.5) is 0 Å². The Bertz CT molecular complexity index is 1780. The molecule has 292 valence electrons. The molecule has 0 saturated carbocycles. The van der Waals surface area contributed by atoms with Gasteiger partial charge in [0.1, 0.15) is 36.0 Å². The zero-order valence-electron chi connectivity index (χ0n) is 29.3. The van der Waals surface area contributed by atoms with Gasteiger partial charge in [-0.2, -0.15) is 0 Å². The lowest BCUT2D eigenvalue weighted by Gasteiger charge is -2.66. The Morgan fingerprint density at radius 2 is 1.04 bits per heavy atom. The summed E-state index contributed by atoms with van der Waals surface area (Å²) < 4.78 is 11.3. The highest BCUT2D eigenvalue weighted by Crippen LogP contribution is 2.58. The van der Waals surface area contributed by atoms with Crippen LogP contribution < -0.4 is 0 Å². The van der Waals surface area contributed by atoms with Crippen LogP contribution in [0.5, 0.6) is 0 Å². The molecule has 0 aromatic heterocycles. The van der Waals surface area contributed by atoms with E-state index in [-0.39, 0.29) is 16.7 Å². The largest absolute Gasteiger partial charge is 0.478 e. The zero-order chi connectivity index (χ0) is 41.2. The SMILES string of the molecule is CC(=O)C(O)[C@H]1O[C@@H](Sc2ccccc2C(=O)O)[C@@](O)(C(C)=O)[C@](O)(C(C)=O)[C@@]1(O)[C@@H]1O[C@H](C(O)C(C)=O)[C@](O)(C(C)=O)[C@@](O)(C(C)=O)[C@]1(O)C(C)=O. The van der Waals surface area contributed by atoms with Crippen LogP contribution in [-0.2, 0) is 43.0 Å². The first-order chi connectivity index (χ1) is 24.0. The summed E-state index contributed by atoms with van der Waals surface area (Å²) in [5.74, 6) is -13.5. The van der Waals surface area contributed by atoms with Crippen molar-refractivity contribution in [3.63, 3.8) is 0 Å². The summed E-state index contributed by atoms with van der Waals surface area (Å²) in [5, 5.41) is 106. The second kappa shape index (κ2) is 14.2. The lowest BCUT2D eigenvalue weighted by molar-refractivity contribution is -0.401. The number of ketones is 7. The van der Waals surface area contributed by atoms with Gasteiger partial charge in [0.15, 0.2) is 74.1 Å². The quantitative estimate of drug-likeness (QED) is 0.0928. The maximum Gasteiger partial charge on any atom is 0.336 e. The van der Waals surface area contributed by atoms with E-state index in [1.54, 1.807) is 0 Å². The number of aliphatic hydroxyl groups is 8. The smallest absolute Gasteiger partial charge is 0.336 e. The Labute approximate surface area is 304 Å². The minimum atomic E-state index is -4.40. The third-order valence-corrected chi connectivity index (χ3v) is 11.4. The van der Waals surface area contributed by atoms with Gasteiger partial charge in [0, 0.05) is 4.90 Å². The average molecular weight is 773 g/mol. The van der Waals surface area contributed by atoms with Crippen LogP contribution in [0.15, 0.2) is 29.2 Å². The van der Waals surface area contributed by atoms with Crippen LogP contribution in [-0.4, -0.2) is 162 Å². The molecule has 0 bridgehead atoms. The maximum atomic E-state index is 13.8. The summed E-state index contributed by atoms with van der Waals surface area (Å²) in [6, 6.07) is 4.72. The zero-order valence-corrected chi connectivity index (χ0v) is 30.1. The first-order valence-corrected chi connectivity index (χ1v) is 16.5. The molecule has 2 heterocycles. The van der Waals surface area contributed by atoms with Crippen molar-refractivity contribution in [1.29, 1.82) is 0 Å². The van der Waals surface area contributed by atoms with Gasteiger partial charge < -0.3 is 55.4 Å². The van der Waals surface area contributed by atoms with Crippen LogP contribution >= 0.6 is 11.8 Å². The number of carbonyl (C=O) groups is 8. The van der Waals surface area contributed by atoms with Crippen LogP contribution in [0.25, 0.3) is 0 Å². The van der Waals surface area contributed by atoms with Crippen LogP contribution in [0.2, 0.25) is 0 Å².